The third-order valence-electron chi connectivity index (χ3n) is 3.94. The van der Waals surface area contributed by atoms with Gasteiger partial charge in [0, 0.05) is 19.0 Å². The number of carbonyl (C=O) groups is 1. The SMILES string of the molecule is Cc1cc(C2(C)CC(c3ccc(Cl)c(C(=O)O)c3)=NO2)n(C)n1. The Kier molecular flexibility index (Phi) is 3.64. The molecule has 0 bridgehead atoms. The highest BCUT2D eigenvalue weighted by Gasteiger charge is 2.39. The summed E-state index contributed by atoms with van der Waals surface area (Å²) in [7, 11) is 1.86. The Morgan fingerprint density at radius 2 is 2.17 bits per heavy atom. The molecule has 1 N–H and O–H groups in total. The van der Waals surface area contributed by atoms with Crippen molar-refractivity contribution in [2.24, 2.45) is 12.2 Å². The van der Waals surface area contributed by atoms with Crippen molar-refractivity contribution < 1.29 is 14.7 Å². The van der Waals surface area contributed by atoms with E-state index in [0.29, 0.717) is 17.7 Å². The summed E-state index contributed by atoms with van der Waals surface area (Å²) in [6.45, 7) is 3.86. The Balaban J connectivity index is 1.92. The molecule has 1 unspecified atom stereocenters. The fraction of sp³-hybridized carbons (Fsp3) is 0.312. The molecule has 0 saturated carbocycles. The maximum absolute atomic E-state index is 11.2. The number of aromatic carboxylic acids is 1. The van der Waals surface area contributed by atoms with E-state index in [1.54, 1.807) is 16.8 Å². The van der Waals surface area contributed by atoms with Gasteiger partial charge in [0.1, 0.15) is 0 Å². The molecule has 23 heavy (non-hydrogen) atoms. The maximum atomic E-state index is 11.2. The van der Waals surface area contributed by atoms with Crippen molar-refractivity contribution in [3.63, 3.8) is 0 Å². The number of hydrogen-bond acceptors (Lipinski definition) is 4. The second-order valence-electron chi connectivity index (χ2n) is 5.83. The topological polar surface area (TPSA) is 76.7 Å². The van der Waals surface area contributed by atoms with Crippen LogP contribution in [0, 0.1) is 6.92 Å². The molecule has 0 fully saturated rings. The largest absolute Gasteiger partial charge is 0.478 e. The Morgan fingerprint density at radius 1 is 1.43 bits per heavy atom. The minimum absolute atomic E-state index is 0.0526. The molecule has 0 aliphatic carbocycles. The van der Waals surface area contributed by atoms with Gasteiger partial charge in [0.25, 0.3) is 0 Å². The van der Waals surface area contributed by atoms with Crippen LogP contribution < -0.4 is 0 Å². The molecular weight excluding hydrogens is 318 g/mol. The van der Waals surface area contributed by atoms with Crippen LogP contribution in [0.1, 0.15) is 40.7 Å². The lowest BCUT2D eigenvalue weighted by molar-refractivity contribution is -0.0136. The fourth-order valence-corrected chi connectivity index (χ4v) is 3.00. The third-order valence-corrected chi connectivity index (χ3v) is 4.27. The van der Waals surface area contributed by atoms with Gasteiger partial charge in [-0.2, -0.15) is 5.10 Å². The standard InChI is InChI=1S/C16H16ClN3O3/c1-9-6-14(20(3)18-9)16(2)8-13(19-23-16)10-4-5-12(17)11(7-10)15(21)22/h4-7H,8H2,1-3H3,(H,21,22). The zero-order chi connectivity index (χ0) is 16.8. The monoisotopic (exact) mass is 333 g/mol. The average Bonchev–Trinajstić information content (AvgIpc) is 3.03. The number of nitrogens with zero attached hydrogens (tertiary/aromatic N) is 3. The first-order chi connectivity index (χ1) is 10.8. The minimum Gasteiger partial charge on any atom is -0.478 e. The van der Waals surface area contributed by atoms with Crippen molar-refractivity contribution in [2.75, 3.05) is 0 Å². The van der Waals surface area contributed by atoms with Crippen LogP contribution in [-0.4, -0.2) is 26.6 Å². The van der Waals surface area contributed by atoms with Gasteiger partial charge in [0.15, 0.2) is 5.60 Å². The van der Waals surface area contributed by atoms with Gasteiger partial charge in [-0.25, -0.2) is 4.79 Å². The maximum Gasteiger partial charge on any atom is 0.337 e. The summed E-state index contributed by atoms with van der Waals surface area (Å²) in [4.78, 5) is 16.9. The summed E-state index contributed by atoms with van der Waals surface area (Å²) in [6, 6.07) is 6.79. The van der Waals surface area contributed by atoms with Crippen molar-refractivity contribution in [1.29, 1.82) is 0 Å². The molecule has 1 aliphatic rings. The Bertz CT molecular complexity index is 828. The molecule has 1 aliphatic heterocycles. The zero-order valence-corrected chi connectivity index (χ0v) is 13.8. The van der Waals surface area contributed by atoms with Gasteiger partial charge in [-0.15, -0.1) is 0 Å². The van der Waals surface area contributed by atoms with Crippen molar-refractivity contribution >= 4 is 23.3 Å². The number of hydrogen-bond donors (Lipinski definition) is 1. The van der Waals surface area contributed by atoms with E-state index in [4.69, 9.17) is 16.4 Å². The highest BCUT2D eigenvalue weighted by molar-refractivity contribution is 6.33. The summed E-state index contributed by atoms with van der Waals surface area (Å²) < 4.78 is 1.78. The molecule has 7 heteroatoms. The van der Waals surface area contributed by atoms with Crippen LogP contribution in [0.4, 0.5) is 0 Å². The predicted octanol–water partition coefficient (Wildman–Crippen LogP) is 3.12. The number of aryl methyl sites for hydroxylation is 2. The first-order valence-corrected chi connectivity index (χ1v) is 7.47. The molecule has 2 aromatic rings. The first-order valence-electron chi connectivity index (χ1n) is 7.09. The summed E-state index contributed by atoms with van der Waals surface area (Å²) in [5, 5.41) is 17.9. The summed E-state index contributed by atoms with van der Waals surface area (Å²) >= 11 is 5.91. The molecular formula is C16H16ClN3O3. The number of rotatable bonds is 3. The predicted molar refractivity (Wildman–Crippen MR) is 85.9 cm³/mol. The Labute approximate surface area is 138 Å². The van der Waals surface area contributed by atoms with E-state index in [2.05, 4.69) is 10.3 Å². The van der Waals surface area contributed by atoms with Gasteiger partial charge in [0.05, 0.1) is 27.7 Å². The van der Waals surface area contributed by atoms with Crippen molar-refractivity contribution in [2.45, 2.75) is 25.9 Å². The molecule has 120 valence electrons. The molecule has 2 heterocycles. The summed E-state index contributed by atoms with van der Waals surface area (Å²) in [6.07, 6.45) is 0.521. The van der Waals surface area contributed by atoms with Crippen LogP contribution in [0.5, 0.6) is 0 Å². The van der Waals surface area contributed by atoms with Gasteiger partial charge < -0.3 is 9.94 Å². The zero-order valence-electron chi connectivity index (χ0n) is 13.0. The van der Waals surface area contributed by atoms with Crippen LogP contribution in [-0.2, 0) is 17.5 Å². The van der Waals surface area contributed by atoms with E-state index in [-0.39, 0.29) is 10.6 Å². The van der Waals surface area contributed by atoms with Crippen LogP contribution in [0.2, 0.25) is 5.02 Å². The second-order valence-corrected chi connectivity index (χ2v) is 6.24. The lowest BCUT2D eigenvalue weighted by Gasteiger charge is -2.21. The van der Waals surface area contributed by atoms with Gasteiger partial charge in [-0.1, -0.05) is 22.8 Å². The molecule has 6 nitrogen and oxygen atoms in total. The van der Waals surface area contributed by atoms with E-state index in [9.17, 15) is 9.90 Å². The number of benzene rings is 1. The number of halogens is 1. The number of carboxylic acids is 1. The first kappa shape index (κ1) is 15.6. The highest BCUT2D eigenvalue weighted by Crippen LogP contribution is 2.36. The van der Waals surface area contributed by atoms with E-state index in [1.165, 1.54) is 6.07 Å². The molecule has 0 amide bonds. The second kappa shape index (κ2) is 5.38. The van der Waals surface area contributed by atoms with Crippen LogP contribution in [0.3, 0.4) is 0 Å². The number of aromatic nitrogens is 2. The van der Waals surface area contributed by atoms with Crippen LogP contribution in [0.25, 0.3) is 0 Å². The van der Waals surface area contributed by atoms with E-state index in [0.717, 1.165) is 11.4 Å². The lowest BCUT2D eigenvalue weighted by Crippen LogP contribution is -2.25. The Hall–Kier alpha value is -2.34. The lowest BCUT2D eigenvalue weighted by atomic mass is 9.92. The summed E-state index contributed by atoms with van der Waals surface area (Å²) in [5.41, 5.74) is 2.62. The average molecular weight is 334 g/mol. The summed E-state index contributed by atoms with van der Waals surface area (Å²) in [5.74, 6) is -1.07. The van der Waals surface area contributed by atoms with Gasteiger partial charge in [-0.05, 0) is 32.0 Å². The van der Waals surface area contributed by atoms with Gasteiger partial charge in [-0.3, -0.25) is 4.68 Å². The van der Waals surface area contributed by atoms with Gasteiger partial charge >= 0.3 is 5.97 Å². The molecule has 1 aromatic carbocycles. The van der Waals surface area contributed by atoms with E-state index in [1.807, 2.05) is 27.0 Å². The normalized spacial score (nSPS) is 20.3. The smallest absolute Gasteiger partial charge is 0.337 e. The molecule has 3 rings (SSSR count). The Morgan fingerprint density at radius 3 is 2.78 bits per heavy atom. The minimum atomic E-state index is -1.07. The number of oxime groups is 1. The number of carboxylic acid groups (broad SMARTS) is 1. The molecule has 0 spiro atoms. The van der Waals surface area contributed by atoms with E-state index >= 15 is 0 Å². The van der Waals surface area contributed by atoms with Crippen molar-refractivity contribution in [3.8, 4) is 0 Å². The molecule has 0 saturated heterocycles. The molecule has 1 atom stereocenters. The third kappa shape index (κ3) is 2.70. The quantitative estimate of drug-likeness (QED) is 0.936. The van der Waals surface area contributed by atoms with Gasteiger partial charge in [0.2, 0.25) is 0 Å². The molecule has 0 radical (unpaired) electrons. The van der Waals surface area contributed by atoms with Crippen molar-refractivity contribution in [1.82, 2.24) is 9.78 Å². The van der Waals surface area contributed by atoms with Crippen molar-refractivity contribution in [3.05, 3.63) is 51.8 Å². The molecule has 1 aromatic heterocycles. The highest BCUT2D eigenvalue weighted by atomic mass is 35.5. The van der Waals surface area contributed by atoms with Crippen LogP contribution >= 0.6 is 11.6 Å². The van der Waals surface area contributed by atoms with Crippen LogP contribution in [0.15, 0.2) is 29.4 Å². The fourth-order valence-electron chi connectivity index (χ4n) is 2.81. The van der Waals surface area contributed by atoms with E-state index < -0.39 is 11.6 Å².